The smallest absolute Gasteiger partial charge is 0.203 e. The molecule has 0 aliphatic heterocycles. The lowest BCUT2D eigenvalue weighted by Crippen LogP contribution is -2.23. The molecule has 3 rings (SSSR count). The molecule has 0 spiro atoms. The summed E-state index contributed by atoms with van der Waals surface area (Å²) in [6.45, 7) is 0.636. The minimum absolute atomic E-state index is 0.322. The number of hydrogen-bond donors (Lipinski definition) is 1. The standard InChI is InChI=1S/C14H14N2O2/c15-8-10-4-5-11(18-10)9-16-13-2-1-3-14-12(13)6-7-17-14/h4-7,13,16H,1-3,9H2. The second kappa shape index (κ2) is 4.71. The van der Waals surface area contributed by atoms with Gasteiger partial charge in [-0.05, 0) is 31.0 Å². The molecule has 0 bridgehead atoms. The molecule has 2 aromatic heterocycles. The van der Waals surface area contributed by atoms with E-state index >= 15 is 0 Å². The van der Waals surface area contributed by atoms with Crippen LogP contribution in [0, 0.1) is 11.3 Å². The van der Waals surface area contributed by atoms with Crippen molar-refractivity contribution in [2.24, 2.45) is 0 Å². The third-order valence-electron chi connectivity index (χ3n) is 3.35. The highest BCUT2D eigenvalue weighted by molar-refractivity contribution is 5.24. The molecule has 92 valence electrons. The average molecular weight is 242 g/mol. The molecule has 4 heteroatoms. The van der Waals surface area contributed by atoms with E-state index in [1.807, 2.05) is 18.2 Å². The van der Waals surface area contributed by atoms with E-state index in [9.17, 15) is 0 Å². The number of nitriles is 1. The minimum Gasteiger partial charge on any atom is -0.469 e. The molecule has 0 saturated carbocycles. The first-order valence-electron chi connectivity index (χ1n) is 6.15. The Morgan fingerprint density at radius 3 is 3.17 bits per heavy atom. The normalized spacial score (nSPS) is 18.3. The molecule has 0 aromatic carbocycles. The van der Waals surface area contributed by atoms with Gasteiger partial charge in [-0.25, -0.2) is 0 Å². The number of furan rings is 2. The summed E-state index contributed by atoms with van der Waals surface area (Å²) < 4.78 is 10.8. The highest BCUT2D eigenvalue weighted by Gasteiger charge is 2.22. The maximum absolute atomic E-state index is 8.69. The van der Waals surface area contributed by atoms with E-state index in [0.717, 1.165) is 30.8 Å². The van der Waals surface area contributed by atoms with Gasteiger partial charge in [-0.3, -0.25) is 0 Å². The Morgan fingerprint density at radius 1 is 1.39 bits per heavy atom. The molecule has 1 aliphatic rings. The van der Waals surface area contributed by atoms with Crippen LogP contribution in [0.5, 0.6) is 0 Å². The van der Waals surface area contributed by atoms with E-state index in [1.54, 1.807) is 12.3 Å². The summed E-state index contributed by atoms with van der Waals surface area (Å²) in [5.41, 5.74) is 1.26. The number of hydrogen-bond acceptors (Lipinski definition) is 4. The predicted octanol–water partition coefficient (Wildman–Crippen LogP) is 2.91. The predicted molar refractivity (Wildman–Crippen MR) is 64.6 cm³/mol. The lowest BCUT2D eigenvalue weighted by molar-refractivity contribution is 0.390. The first-order valence-corrected chi connectivity index (χ1v) is 6.15. The largest absolute Gasteiger partial charge is 0.469 e. The van der Waals surface area contributed by atoms with Gasteiger partial charge in [-0.1, -0.05) is 0 Å². The van der Waals surface area contributed by atoms with Crippen molar-refractivity contribution in [2.75, 3.05) is 0 Å². The monoisotopic (exact) mass is 242 g/mol. The summed E-state index contributed by atoms with van der Waals surface area (Å²) in [4.78, 5) is 0. The fraction of sp³-hybridized carbons (Fsp3) is 0.357. The molecular weight excluding hydrogens is 228 g/mol. The maximum atomic E-state index is 8.69. The Bertz CT molecular complexity index is 577. The van der Waals surface area contributed by atoms with Crippen LogP contribution in [0.2, 0.25) is 0 Å². The molecule has 1 atom stereocenters. The quantitative estimate of drug-likeness (QED) is 0.898. The van der Waals surface area contributed by atoms with E-state index in [-0.39, 0.29) is 0 Å². The third-order valence-corrected chi connectivity index (χ3v) is 3.35. The minimum atomic E-state index is 0.322. The van der Waals surface area contributed by atoms with Crippen LogP contribution < -0.4 is 5.32 Å². The van der Waals surface area contributed by atoms with Gasteiger partial charge in [-0.2, -0.15) is 5.26 Å². The van der Waals surface area contributed by atoms with Crippen molar-refractivity contribution in [3.63, 3.8) is 0 Å². The molecular formula is C14H14N2O2. The highest BCUT2D eigenvalue weighted by atomic mass is 16.3. The molecule has 0 fully saturated rings. The van der Waals surface area contributed by atoms with E-state index in [4.69, 9.17) is 14.1 Å². The van der Waals surface area contributed by atoms with E-state index < -0.39 is 0 Å². The number of rotatable bonds is 3. The molecule has 0 saturated heterocycles. The molecule has 18 heavy (non-hydrogen) atoms. The zero-order valence-corrected chi connectivity index (χ0v) is 9.98. The summed E-state index contributed by atoms with van der Waals surface area (Å²) in [7, 11) is 0. The van der Waals surface area contributed by atoms with Gasteiger partial charge in [0.15, 0.2) is 0 Å². The first-order chi connectivity index (χ1) is 8.86. The SMILES string of the molecule is N#Cc1ccc(CNC2CCCc3occc32)o1. The zero-order valence-electron chi connectivity index (χ0n) is 9.98. The summed E-state index contributed by atoms with van der Waals surface area (Å²) in [6, 6.07) is 7.88. The molecule has 2 aromatic rings. The molecule has 4 nitrogen and oxygen atoms in total. The van der Waals surface area contributed by atoms with Gasteiger partial charge in [-0.15, -0.1) is 0 Å². The molecule has 0 radical (unpaired) electrons. The van der Waals surface area contributed by atoms with Crippen molar-refractivity contribution < 1.29 is 8.83 Å². The van der Waals surface area contributed by atoms with Crippen LogP contribution in [-0.2, 0) is 13.0 Å². The van der Waals surface area contributed by atoms with Crippen LogP contribution in [0.25, 0.3) is 0 Å². The molecule has 1 unspecified atom stereocenters. The molecule has 0 amide bonds. The maximum Gasteiger partial charge on any atom is 0.203 e. The Balaban J connectivity index is 1.67. The second-order valence-electron chi connectivity index (χ2n) is 4.50. The zero-order chi connectivity index (χ0) is 12.4. The summed E-state index contributed by atoms with van der Waals surface area (Å²) in [6.07, 6.45) is 5.03. The van der Waals surface area contributed by atoms with Crippen LogP contribution in [-0.4, -0.2) is 0 Å². The van der Waals surface area contributed by atoms with E-state index in [2.05, 4.69) is 5.32 Å². The molecule has 1 N–H and O–H groups in total. The number of fused-ring (bicyclic) bond motifs is 1. The van der Waals surface area contributed by atoms with Gasteiger partial charge in [0.1, 0.15) is 17.6 Å². The number of aryl methyl sites for hydroxylation is 1. The van der Waals surface area contributed by atoms with Crippen LogP contribution >= 0.6 is 0 Å². The van der Waals surface area contributed by atoms with E-state index in [1.165, 1.54) is 5.56 Å². The second-order valence-corrected chi connectivity index (χ2v) is 4.50. The lowest BCUT2D eigenvalue weighted by Gasteiger charge is -2.22. The van der Waals surface area contributed by atoms with Crippen molar-refractivity contribution in [3.8, 4) is 6.07 Å². The molecule has 1 aliphatic carbocycles. The Morgan fingerprint density at radius 2 is 2.33 bits per heavy atom. The van der Waals surface area contributed by atoms with Crippen molar-refractivity contribution in [2.45, 2.75) is 31.8 Å². The van der Waals surface area contributed by atoms with Crippen LogP contribution in [0.3, 0.4) is 0 Å². The fourth-order valence-electron chi connectivity index (χ4n) is 2.46. The molecule has 2 heterocycles. The summed E-state index contributed by atoms with van der Waals surface area (Å²) in [5.74, 6) is 2.25. The van der Waals surface area contributed by atoms with Crippen molar-refractivity contribution >= 4 is 0 Å². The summed E-state index contributed by atoms with van der Waals surface area (Å²) in [5, 5.41) is 12.1. The third kappa shape index (κ3) is 2.05. The lowest BCUT2D eigenvalue weighted by atomic mass is 9.93. The average Bonchev–Trinajstić information content (AvgIpc) is 3.05. The Kier molecular flexibility index (Phi) is 2.91. The van der Waals surface area contributed by atoms with Crippen molar-refractivity contribution in [1.29, 1.82) is 5.26 Å². The summed E-state index contributed by atoms with van der Waals surface area (Å²) >= 11 is 0. The first kappa shape index (κ1) is 11.1. The van der Waals surface area contributed by atoms with Gasteiger partial charge in [0.25, 0.3) is 0 Å². The Labute approximate surface area is 105 Å². The number of nitrogens with one attached hydrogen (secondary N) is 1. The van der Waals surface area contributed by atoms with Gasteiger partial charge >= 0.3 is 0 Å². The van der Waals surface area contributed by atoms with Gasteiger partial charge in [0.2, 0.25) is 5.76 Å². The van der Waals surface area contributed by atoms with Gasteiger partial charge < -0.3 is 14.2 Å². The topological polar surface area (TPSA) is 62.1 Å². The fourth-order valence-corrected chi connectivity index (χ4v) is 2.46. The highest BCUT2D eigenvalue weighted by Crippen LogP contribution is 2.30. The van der Waals surface area contributed by atoms with Crippen molar-refractivity contribution in [3.05, 3.63) is 47.3 Å². The van der Waals surface area contributed by atoms with Crippen LogP contribution in [0.15, 0.2) is 33.3 Å². The van der Waals surface area contributed by atoms with Crippen LogP contribution in [0.4, 0.5) is 0 Å². The van der Waals surface area contributed by atoms with E-state index in [0.29, 0.717) is 18.3 Å². The van der Waals surface area contributed by atoms with Gasteiger partial charge in [0.05, 0.1) is 12.8 Å². The van der Waals surface area contributed by atoms with Crippen molar-refractivity contribution in [1.82, 2.24) is 5.32 Å². The van der Waals surface area contributed by atoms with Crippen LogP contribution in [0.1, 0.15) is 41.7 Å². The van der Waals surface area contributed by atoms with Gasteiger partial charge in [0, 0.05) is 18.0 Å². The Hall–Kier alpha value is -1.99. The number of nitrogens with zero attached hydrogens (tertiary/aromatic N) is 1.